The van der Waals surface area contributed by atoms with Crippen molar-refractivity contribution in [2.75, 3.05) is 6.26 Å². The molecule has 1 aliphatic heterocycles. The number of rotatable bonds is 3. The van der Waals surface area contributed by atoms with E-state index in [1.54, 1.807) is 24.5 Å². The third kappa shape index (κ3) is 3.15. The van der Waals surface area contributed by atoms with Crippen molar-refractivity contribution in [3.8, 4) is 0 Å². The molecule has 6 nitrogen and oxygen atoms in total. The Morgan fingerprint density at radius 3 is 2.42 bits per heavy atom. The van der Waals surface area contributed by atoms with E-state index in [0.717, 1.165) is 28.4 Å². The van der Waals surface area contributed by atoms with Gasteiger partial charge in [0.15, 0.2) is 0 Å². The Labute approximate surface area is 156 Å². The summed E-state index contributed by atoms with van der Waals surface area (Å²) in [5, 5.41) is 5.00. The van der Waals surface area contributed by atoms with Crippen molar-refractivity contribution in [1.82, 2.24) is 14.4 Å². The van der Waals surface area contributed by atoms with Crippen molar-refractivity contribution in [3.05, 3.63) is 71.0 Å². The number of nitrogens with zero attached hydrogens (tertiary/aromatic N) is 4. The van der Waals surface area contributed by atoms with Crippen molar-refractivity contribution in [2.45, 2.75) is 12.5 Å². The molecule has 8 heteroatoms. The minimum absolute atomic E-state index is 0.415. The first kappa shape index (κ1) is 16.9. The molecule has 2 heterocycles. The van der Waals surface area contributed by atoms with Crippen molar-refractivity contribution in [3.63, 3.8) is 0 Å². The smallest absolute Gasteiger partial charge is 0.247 e. The van der Waals surface area contributed by atoms with Crippen molar-refractivity contribution in [2.24, 2.45) is 5.10 Å². The molecule has 4 rings (SSSR count). The third-order valence-corrected chi connectivity index (χ3v) is 5.54. The number of halogens is 1. The Balaban J connectivity index is 1.76. The van der Waals surface area contributed by atoms with E-state index < -0.39 is 16.1 Å². The Hall–Kier alpha value is -2.51. The number of hydrogen-bond donors (Lipinski definition) is 0. The van der Waals surface area contributed by atoms with Crippen molar-refractivity contribution >= 4 is 38.4 Å². The molecule has 1 atom stereocenters. The van der Waals surface area contributed by atoms with Crippen LogP contribution in [0.25, 0.3) is 11.0 Å². The zero-order chi connectivity index (χ0) is 18.3. The largest absolute Gasteiger partial charge is 0.253 e. The van der Waals surface area contributed by atoms with Gasteiger partial charge in [-0.05, 0) is 35.4 Å². The van der Waals surface area contributed by atoms with Gasteiger partial charge in [0.25, 0.3) is 0 Å². The molecule has 1 aliphatic rings. The number of benzene rings is 2. The lowest BCUT2D eigenvalue weighted by Gasteiger charge is -2.21. The minimum atomic E-state index is -3.52. The van der Waals surface area contributed by atoms with Crippen LogP contribution in [0.15, 0.2) is 60.0 Å². The number of fused-ring (bicyclic) bond motifs is 1. The molecule has 0 amide bonds. The van der Waals surface area contributed by atoms with Gasteiger partial charge in [-0.3, -0.25) is 9.97 Å². The van der Waals surface area contributed by atoms with E-state index in [9.17, 15) is 8.42 Å². The number of aromatic nitrogens is 2. The summed E-state index contributed by atoms with van der Waals surface area (Å²) in [7, 11) is -3.52. The van der Waals surface area contributed by atoms with E-state index in [0.29, 0.717) is 17.2 Å². The van der Waals surface area contributed by atoms with Gasteiger partial charge in [-0.15, -0.1) is 0 Å². The van der Waals surface area contributed by atoms with Crippen LogP contribution in [0, 0.1) is 0 Å². The number of sulfonamides is 1. The van der Waals surface area contributed by atoms with Crippen LogP contribution in [0.5, 0.6) is 0 Å². The number of hydrogen-bond acceptors (Lipinski definition) is 5. The van der Waals surface area contributed by atoms with Gasteiger partial charge >= 0.3 is 0 Å². The van der Waals surface area contributed by atoms with Crippen LogP contribution in [0.1, 0.15) is 23.6 Å². The molecule has 0 fully saturated rings. The zero-order valence-electron chi connectivity index (χ0n) is 13.9. The van der Waals surface area contributed by atoms with Gasteiger partial charge in [-0.2, -0.15) is 9.52 Å². The number of hydrazone groups is 1. The second kappa shape index (κ2) is 6.34. The molecular weight excluding hydrogens is 372 g/mol. The molecule has 0 N–H and O–H groups in total. The first-order valence-corrected chi connectivity index (χ1v) is 10.2. The first-order chi connectivity index (χ1) is 12.4. The highest BCUT2D eigenvalue weighted by atomic mass is 35.5. The van der Waals surface area contributed by atoms with Gasteiger partial charge in [0.1, 0.15) is 0 Å². The summed E-state index contributed by atoms with van der Waals surface area (Å²) in [6.45, 7) is 0. The standard InChI is InChI=1S/C18H15ClN4O2S/c1-26(24,25)23-18(11-16(22-23)12-2-5-14(19)6-3-12)13-4-7-15-17(10-13)21-9-8-20-15/h2-10,18H,11H2,1H3/t18-/m0/s1. The molecule has 26 heavy (non-hydrogen) atoms. The summed E-state index contributed by atoms with van der Waals surface area (Å²) in [6, 6.07) is 12.4. The molecule has 132 valence electrons. The van der Waals surface area contributed by atoms with Crippen LogP contribution in [0.3, 0.4) is 0 Å². The summed E-state index contributed by atoms with van der Waals surface area (Å²) in [5.74, 6) is 0. The lowest BCUT2D eigenvalue weighted by molar-refractivity contribution is 0.375. The molecule has 0 saturated heterocycles. The molecule has 0 radical (unpaired) electrons. The van der Waals surface area contributed by atoms with Crippen LogP contribution in [0.4, 0.5) is 0 Å². The summed E-state index contributed by atoms with van der Waals surface area (Å²) in [5.41, 5.74) is 3.87. The Morgan fingerprint density at radius 2 is 1.73 bits per heavy atom. The van der Waals surface area contributed by atoms with Crippen molar-refractivity contribution < 1.29 is 8.42 Å². The minimum Gasteiger partial charge on any atom is -0.253 e. The normalized spacial score (nSPS) is 17.5. The van der Waals surface area contributed by atoms with Crippen LogP contribution in [-0.2, 0) is 10.0 Å². The molecule has 0 aliphatic carbocycles. The molecule has 3 aromatic rings. The molecule has 2 aromatic carbocycles. The molecular formula is C18H15ClN4O2S. The van der Waals surface area contributed by atoms with E-state index >= 15 is 0 Å². The summed E-state index contributed by atoms with van der Waals surface area (Å²) < 4.78 is 25.7. The van der Waals surface area contributed by atoms with Crippen LogP contribution in [-0.4, -0.2) is 34.8 Å². The fourth-order valence-corrected chi connectivity index (χ4v) is 4.08. The van der Waals surface area contributed by atoms with Crippen LogP contribution >= 0.6 is 11.6 Å². The van der Waals surface area contributed by atoms with E-state index in [-0.39, 0.29) is 0 Å². The third-order valence-electron chi connectivity index (χ3n) is 4.27. The van der Waals surface area contributed by atoms with E-state index in [1.807, 2.05) is 30.3 Å². The van der Waals surface area contributed by atoms with Crippen LogP contribution in [0.2, 0.25) is 5.02 Å². The van der Waals surface area contributed by atoms with E-state index in [2.05, 4.69) is 15.1 Å². The highest BCUT2D eigenvalue weighted by Crippen LogP contribution is 2.35. The lowest BCUT2D eigenvalue weighted by Crippen LogP contribution is -2.25. The fraction of sp³-hybridized carbons (Fsp3) is 0.167. The Morgan fingerprint density at radius 1 is 1.04 bits per heavy atom. The highest BCUT2D eigenvalue weighted by Gasteiger charge is 2.34. The second-order valence-corrected chi connectivity index (χ2v) is 8.39. The zero-order valence-corrected chi connectivity index (χ0v) is 15.4. The quantitative estimate of drug-likeness (QED) is 0.691. The molecule has 0 spiro atoms. The average molecular weight is 387 g/mol. The van der Waals surface area contributed by atoms with Crippen LogP contribution < -0.4 is 0 Å². The fourth-order valence-electron chi connectivity index (χ4n) is 3.05. The summed E-state index contributed by atoms with van der Waals surface area (Å²) in [4.78, 5) is 8.56. The Kier molecular flexibility index (Phi) is 4.13. The molecule has 0 bridgehead atoms. The molecule has 1 aromatic heterocycles. The maximum absolute atomic E-state index is 12.3. The second-order valence-electron chi connectivity index (χ2n) is 6.11. The topological polar surface area (TPSA) is 75.5 Å². The molecule has 0 saturated carbocycles. The summed E-state index contributed by atoms with van der Waals surface area (Å²) in [6.07, 6.45) is 4.88. The Bertz CT molecular complexity index is 1110. The average Bonchev–Trinajstić information content (AvgIpc) is 3.08. The lowest BCUT2D eigenvalue weighted by atomic mass is 9.99. The van der Waals surface area contributed by atoms with E-state index in [4.69, 9.17) is 11.6 Å². The SMILES string of the molecule is CS(=O)(=O)N1N=C(c2ccc(Cl)cc2)C[C@H]1c1ccc2nccnc2c1. The molecule has 0 unspecified atom stereocenters. The first-order valence-electron chi connectivity index (χ1n) is 7.95. The van der Waals surface area contributed by atoms with Gasteiger partial charge in [-0.1, -0.05) is 29.8 Å². The maximum atomic E-state index is 12.3. The monoisotopic (exact) mass is 386 g/mol. The summed E-state index contributed by atoms with van der Waals surface area (Å²) >= 11 is 5.94. The predicted octanol–water partition coefficient (Wildman–Crippen LogP) is 3.39. The van der Waals surface area contributed by atoms with Gasteiger partial charge in [0.2, 0.25) is 10.0 Å². The van der Waals surface area contributed by atoms with Gasteiger partial charge in [0.05, 0.1) is 29.0 Å². The van der Waals surface area contributed by atoms with Crippen molar-refractivity contribution in [1.29, 1.82) is 0 Å². The predicted molar refractivity (Wildman–Crippen MR) is 102 cm³/mol. The van der Waals surface area contributed by atoms with Gasteiger partial charge in [0, 0.05) is 23.8 Å². The van der Waals surface area contributed by atoms with E-state index in [1.165, 1.54) is 4.41 Å². The maximum Gasteiger partial charge on any atom is 0.247 e. The highest BCUT2D eigenvalue weighted by molar-refractivity contribution is 7.88. The van der Waals surface area contributed by atoms with Gasteiger partial charge in [-0.25, -0.2) is 8.42 Å². The van der Waals surface area contributed by atoms with Gasteiger partial charge < -0.3 is 0 Å².